The molecule has 0 aliphatic carbocycles. The van der Waals surface area contributed by atoms with Crippen molar-refractivity contribution in [3.05, 3.63) is 132 Å². The number of alkyl halides is 3. The zero-order valence-electron chi connectivity index (χ0n) is 22.0. The molecule has 4 rings (SSSR count). The fourth-order valence-corrected chi connectivity index (χ4v) is 3.90. The van der Waals surface area contributed by atoms with Crippen LogP contribution >= 0.6 is 0 Å². The van der Waals surface area contributed by atoms with E-state index in [1.807, 2.05) is 18.2 Å². The number of nitrogens with one attached hydrogen (secondary N) is 3. The lowest BCUT2D eigenvalue weighted by atomic mass is 10.1. The third kappa shape index (κ3) is 7.66. The summed E-state index contributed by atoms with van der Waals surface area (Å²) in [5.41, 5.74) is 3.69. The van der Waals surface area contributed by atoms with Crippen molar-refractivity contribution in [2.45, 2.75) is 19.5 Å². The molecular weight excluding hydrogens is 531 g/mol. The lowest BCUT2D eigenvalue weighted by Crippen LogP contribution is -2.14. The number of benzene rings is 3. The molecule has 10 heteroatoms. The molecule has 3 aromatic carbocycles. The van der Waals surface area contributed by atoms with Gasteiger partial charge in [0.1, 0.15) is 5.82 Å². The van der Waals surface area contributed by atoms with Crippen LogP contribution in [0.5, 0.6) is 0 Å². The van der Waals surface area contributed by atoms with Gasteiger partial charge in [0.05, 0.1) is 23.6 Å². The first-order valence-electron chi connectivity index (χ1n) is 12.4. The van der Waals surface area contributed by atoms with Gasteiger partial charge in [-0.2, -0.15) is 13.2 Å². The van der Waals surface area contributed by atoms with E-state index >= 15 is 0 Å². The monoisotopic (exact) mass is 557 g/mol. The Bertz CT molecular complexity index is 1600. The van der Waals surface area contributed by atoms with E-state index in [-0.39, 0.29) is 11.8 Å². The Morgan fingerprint density at radius 3 is 2.22 bits per heavy atom. The number of anilines is 3. The van der Waals surface area contributed by atoms with E-state index in [1.54, 1.807) is 31.2 Å². The summed E-state index contributed by atoms with van der Waals surface area (Å²) in [6, 6.07) is 17.1. The molecule has 0 saturated carbocycles. The van der Waals surface area contributed by atoms with Crippen molar-refractivity contribution >= 4 is 34.6 Å². The first kappa shape index (κ1) is 28.8. The fourth-order valence-electron chi connectivity index (χ4n) is 3.90. The molecule has 41 heavy (non-hydrogen) atoms. The molecule has 0 bridgehead atoms. The van der Waals surface area contributed by atoms with Gasteiger partial charge in [-0.15, -0.1) is 0 Å². The Kier molecular flexibility index (Phi) is 8.62. The minimum atomic E-state index is -4.42. The molecule has 0 aliphatic heterocycles. The van der Waals surface area contributed by atoms with Gasteiger partial charge in [-0.3, -0.25) is 9.59 Å². The molecule has 0 spiro atoms. The lowest BCUT2D eigenvalue weighted by Gasteiger charge is -2.14. The van der Waals surface area contributed by atoms with E-state index in [2.05, 4.69) is 39.1 Å². The molecule has 0 unspecified atom stereocenters. The summed E-state index contributed by atoms with van der Waals surface area (Å²) < 4.78 is 38.6. The highest BCUT2D eigenvalue weighted by Gasteiger charge is 2.30. The standard InChI is InChI=1S/C31H26F3N5O2/c1-4-29(40)38-24-7-5-6-21(14-24)15-28-35-17-26(18-36-28)39-30(41)27-16-25(13-8-19(27)2)37-20(3)22-9-11-23(12-10-22)31(32,33)34/h4-14,16-18,37H,1,3,15H2,2H3,(H,38,40)(H,39,41). The highest BCUT2D eigenvalue weighted by Crippen LogP contribution is 2.30. The third-order valence-corrected chi connectivity index (χ3v) is 6.04. The molecule has 208 valence electrons. The van der Waals surface area contributed by atoms with Crippen molar-refractivity contribution in [2.75, 3.05) is 16.0 Å². The van der Waals surface area contributed by atoms with Crippen LogP contribution in [0.4, 0.5) is 30.2 Å². The Morgan fingerprint density at radius 2 is 1.56 bits per heavy atom. The number of hydrogen-bond donors (Lipinski definition) is 3. The molecule has 7 nitrogen and oxygen atoms in total. The number of aromatic nitrogens is 2. The minimum absolute atomic E-state index is 0.306. The van der Waals surface area contributed by atoms with Crippen LogP contribution in [0.15, 0.2) is 98.4 Å². The van der Waals surface area contributed by atoms with Gasteiger partial charge in [0.25, 0.3) is 5.91 Å². The van der Waals surface area contributed by atoms with E-state index in [4.69, 9.17) is 0 Å². The van der Waals surface area contributed by atoms with Crippen LogP contribution in [0.1, 0.15) is 38.4 Å². The second-order valence-corrected chi connectivity index (χ2v) is 9.12. The predicted molar refractivity (Wildman–Crippen MR) is 153 cm³/mol. The highest BCUT2D eigenvalue weighted by molar-refractivity contribution is 6.06. The van der Waals surface area contributed by atoms with Crippen molar-refractivity contribution < 1.29 is 22.8 Å². The maximum absolute atomic E-state index is 13.0. The van der Waals surface area contributed by atoms with Gasteiger partial charge in [-0.1, -0.05) is 43.5 Å². The number of aryl methyl sites for hydroxylation is 1. The van der Waals surface area contributed by atoms with Crippen LogP contribution in [0.3, 0.4) is 0 Å². The molecule has 0 aliphatic rings. The first-order valence-corrected chi connectivity index (χ1v) is 12.4. The van der Waals surface area contributed by atoms with Crippen LogP contribution in [0, 0.1) is 6.92 Å². The molecule has 2 amide bonds. The summed E-state index contributed by atoms with van der Waals surface area (Å²) in [5.74, 6) is -0.160. The van der Waals surface area contributed by atoms with E-state index in [0.29, 0.717) is 51.7 Å². The second kappa shape index (κ2) is 12.3. The SMILES string of the molecule is C=CC(=O)Nc1cccc(Cc2ncc(NC(=O)c3cc(NC(=C)c4ccc(C(F)(F)F)cc4)ccc3C)cn2)c1. The maximum atomic E-state index is 13.0. The Labute approximate surface area is 234 Å². The normalized spacial score (nSPS) is 10.9. The number of carbonyl (C=O) groups excluding carboxylic acids is 2. The minimum Gasteiger partial charge on any atom is -0.356 e. The molecule has 0 fully saturated rings. The average Bonchev–Trinajstić information content (AvgIpc) is 2.94. The van der Waals surface area contributed by atoms with Crippen LogP contribution in [-0.2, 0) is 17.4 Å². The Hall–Kier alpha value is -5.25. The van der Waals surface area contributed by atoms with Gasteiger partial charge >= 0.3 is 6.18 Å². The van der Waals surface area contributed by atoms with Gasteiger partial charge in [0.15, 0.2) is 0 Å². The summed E-state index contributed by atoms with van der Waals surface area (Å²) in [4.78, 5) is 33.2. The summed E-state index contributed by atoms with van der Waals surface area (Å²) in [6.07, 6.45) is 0.204. The largest absolute Gasteiger partial charge is 0.416 e. The van der Waals surface area contributed by atoms with Crippen molar-refractivity contribution in [1.82, 2.24) is 9.97 Å². The van der Waals surface area contributed by atoms with Gasteiger partial charge in [0.2, 0.25) is 5.91 Å². The number of halogens is 3. The predicted octanol–water partition coefficient (Wildman–Crippen LogP) is 6.85. The van der Waals surface area contributed by atoms with Gasteiger partial charge in [0, 0.05) is 29.1 Å². The van der Waals surface area contributed by atoms with E-state index in [1.165, 1.54) is 30.6 Å². The maximum Gasteiger partial charge on any atom is 0.416 e. The molecule has 0 atom stereocenters. The third-order valence-electron chi connectivity index (χ3n) is 6.04. The fraction of sp³-hybridized carbons (Fsp3) is 0.0968. The Balaban J connectivity index is 1.40. The summed E-state index contributed by atoms with van der Waals surface area (Å²) >= 11 is 0. The number of nitrogens with zero attached hydrogens (tertiary/aromatic N) is 2. The molecule has 1 heterocycles. The molecular formula is C31H26F3N5O2. The number of amides is 2. The van der Waals surface area contributed by atoms with Gasteiger partial charge in [-0.05, 0) is 66.1 Å². The summed E-state index contributed by atoms with van der Waals surface area (Å²) in [7, 11) is 0. The van der Waals surface area contributed by atoms with Crippen molar-refractivity contribution in [3.8, 4) is 0 Å². The lowest BCUT2D eigenvalue weighted by molar-refractivity contribution is -0.137. The van der Waals surface area contributed by atoms with Crippen molar-refractivity contribution in [2.24, 2.45) is 0 Å². The van der Waals surface area contributed by atoms with Crippen LogP contribution in [0.25, 0.3) is 5.70 Å². The molecule has 0 radical (unpaired) electrons. The molecule has 1 aromatic heterocycles. The first-order chi connectivity index (χ1) is 19.5. The molecule has 0 saturated heterocycles. The second-order valence-electron chi connectivity index (χ2n) is 9.12. The zero-order chi connectivity index (χ0) is 29.6. The molecule has 3 N–H and O–H groups in total. The van der Waals surface area contributed by atoms with Gasteiger partial charge < -0.3 is 16.0 Å². The van der Waals surface area contributed by atoms with E-state index < -0.39 is 11.7 Å². The number of carbonyl (C=O) groups is 2. The number of hydrogen-bond acceptors (Lipinski definition) is 5. The smallest absolute Gasteiger partial charge is 0.356 e. The van der Waals surface area contributed by atoms with E-state index in [9.17, 15) is 22.8 Å². The topological polar surface area (TPSA) is 96.0 Å². The van der Waals surface area contributed by atoms with Crippen molar-refractivity contribution in [3.63, 3.8) is 0 Å². The van der Waals surface area contributed by atoms with Gasteiger partial charge in [-0.25, -0.2) is 9.97 Å². The highest BCUT2D eigenvalue weighted by atomic mass is 19.4. The summed E-state index contributed by atoms with van der Waals surface area (Å²) in [5, 5.41) is 8.53. The van der Waals surface area contributed by atoms with Crippen molar-refractivity contribution in [1.29, 1.82) is 0 Å². The molecule has 4 aromatic rings. The number of rotatable bonds is 9. The van der Waals surface area contributed by atoms with Crippen LogP contribution in [0.2, 0.25) is 0 Å². The average molecular weight is 558 g/mol. The van der Waals surface area contributed by atoms with Crippen LogP contribution in [-0.4, -0.2) is 21.8 Å². The van der Waals surface area contributed by atoms with E-state index in [0.717, 1.165) is 17.7 Å². The van der Waals surface area contributed by atoms with Crippen LogP contribution < -0.4 is 16.0 Å². The zero-order valence-corrected chi connectivity index (χ0v) is 22.0. The summed E-state index contributed by atoms with van der Waals surface area (Å²) in [6.45, 7) is 9.13. The Morgan fingerprint density at radius 1 is 0.878 bits per heavy atom. The quantitative estimate of drug-likeness (QED) is 0.196.